The summed E-state index contributed by atoms with van der Waals surface area (Å²) in [6.45, 7) is 3.99. The minimum absolute atomic E-state index is 0.683. The van der Waals surface area contributed by atoms with E-state index in [1.807, 2.05) is 42.5 Å². The highest BCUT2D eigenvalue weighted by Gasteiger charge is 2.27. The van der Waals surface area contributed by atoms with Gasteiger partial charge in [0, 0.05) is 6.54 Å². The van der Waals surface area contributed by atoms with Gasteiger partial charge in [-0.15, -0.1) is 0 Å². The van der Waals surface area contributed by atoms with Crippen LogP contribution in [0.5, 0.6) is 17.2 Å². The number of ether oxygens (including phenoxy) is 3. The van der Waals surface area contributed by atoms with Crippen LogP contribution in [0.2, 0.25) is 0 Å². The Labute approximate surface area is 220 Å². The lowest BCUT2D eigenvalue weighted by atomic mass is 9.79. The Balaban J connectivity index is 1.41. The Morgan fingerprint density at radius 3 is 2.30 bits per heavy atom. The van der Waals surface area contributed by atoms with Crippen molar-refractivity contribution in [3.8, 4) is 17.2 Å². The molecule has 1 aliphatic heterocycles. The summed E-state index contributed by atoms with van der Waals surface area (Å²) in [4.78, 5) is 2.48. The molecular formula is C32H37NO4. The number of likely N-dealkylation sites (tertiary alicyclic amines) is 1. The molecule has 3 aromatic rings. The zero-order valence-corrected chi connectivity index (χ0v) is 21.9. The van der Waals surface area contributed by atoms with E-state index in [-0.39, 0.29) is 0 Å². The van der Waals surface area contributed by atoms with Crippen molar-refractivity contribution < 1.29 is 19.3 Å². The van der Waals surface area contributed by atoms with Crippen LogP contribution in [0.3, 0.4) is 0 Å². The van der Waals surface area contributed by atoms with Crippen LogP contribution in [0.25, 0.3) is 11.1 Å². The van der Waals surface area contributed by atoms with Crippen LogP contribution in [-0.4, -0.2) is 50.5 Å². The molecule has 1 aliphatic carbocycles. The van der Waals surface area contributed by atoms with E-state index in [0.29, 0.717) is 6.61 Å². The molecule has 1 fully saturated rings. The first kappa shape index (κ1) is 25.4. The number of methoxy groups -OCH3 is 2. The van der Waals surface area contributed by atoms with E-state index in [4.69, 9.17) is 14.2 Å². The van der Waals surface area contributed by atoms with Gasteiger partial charge in [-0.25, -0.2) is 0 Å². The minimum Gasteiger partial charge on any atom is -0.497 e. The predicted molar refractivity (Wildman–Crippen MR) is 148 cm³/mol. The first-order valence-corrected chi connectivity index (χ1v) is 13.3. The maximum atomic E-state index is 11.7. The Morgan fingerprint density at radius 1 is 0.811 bits per heavy atom. The van der Waals surface area contributed by atoms with E-state index in [2.05, 4.69) is 29.2 Å². The number of rotatable bonds is 9. The summed E-state index contributed by atoms with van der Waals surface area (Å²) in [5, 5.41) is 11.7. The quantitative estimate of drug-likeness (QED) is 0.382. The molecule has 0 aromatic heterocycles. The van der Waals surface area contributed by atoms with E-state index in [1.165, 1.54) is 37.9 Å². The molecular weight excluding hydrogens is 462 g/mol. The molecule has 1 saturated heterocycles. The summed E-state index contributed by atoms with van der Waals surface area (Å²) in [5.74, 6) is 2.48. The van der Waals surface area contributed by atoms with Gasteiger partial charge in [0.15, 0.2) is 0 Å². The van der Waals surface area contributed by atoms with Crippen LogP contribution in [0.1, 0.15) is 54.0 Å². The van der Waals surface area contributed by atoms with E-state index in [9.17, 15) is 5.11 Å². The average molecular weight is 500 g/mol. The van der Waals surface area contributed by atoms with Gasteiger partial charge in [-0.3, -0.25) is 4.90 Å². The zero-order valence-electron chi connectivity index (χ0n) is 21.9. The molecule has 2 aliphatic rings. The van der Waals surface area contributed by atoms with Gasteiger partial charge in [-0.1, -0.05) is 36.8 Å². The molecule has 3 aromatic carbocycles. The normalized spacial score (nSPS) is 16.7. The fourth-order valence-corrected chi connectivity index (χ4v) is 5.54. The SMILES string of the molecule is COc1cccc(C2=C(C(O)c3ccc(OCCN4CCCCC4)cc3)c3ccc(OC)cc3CC2)c1. The van der Waals surface area contributed by atoms with Crippen LogP contribution >= 0.6 is 0 Å². The fourth-order valence-electron chi connectivity index (χ4n) is 5.54. The molecule has 5 heteroatoms. The Morgan fingerprint density at radius 2 is 1.54 bits per heavy atom. The van der Waals surface area contributed by atoms with Crippen LogP contribution < -0.4 is 14.2 Å². The highest BCUT2D eigenvalue weighted by Crippen LogP contribution is 2.45. The second-order valence-electron chi connectivity index (χ2n) is 9.87. The van der Waals surface area contributed by atoms with Crippen molar-refractivity contribution in [1.82, 2.24) is 4.90 Å². The van der Waals surface area contributed by atoms with Crippen LogP contribution in [0, 0.1) is 0 Å². The molecule has 5 nitrogen and oxygen atoms in total. The van der Waals surface area contributed by atoms with Gasteiger partial charge >= 0.3 is 0 Å². The number of allylic oxidation sites excluding steroid dienone is 1. The highest BCUT2D eigenvalue weighted by molar-refractivity contribution is 5.95. The van der Waals surface area contributed by atoms with Gasteiger partial charge in [0.25, 0.3) is 0 Å². The van der Waals surface area contributed by atoms with E-state index in [1.54, 1.807) is 14.2 Å². The molecule has 0 radical (unpaired) electrons. The Hall–Kier alpha value is -3.28. The van der Waals surface area contributed by atoms with Crippen molar-refractivity contribution in [2.24, 2.45) is 0 Å². The predicted octanol–water partition coefficient (Wildman–Crippen LogP) is 6.16. The number of hydrogen-bond donors (Lipinski definition) is 1. The molecule has 194 valence electrons. The molecule has 0 spiro atoms. The summed E-state index contributed by atoms with van der Waals surface area (Å²) in [5.41, 5.74) is 6.27. The standard InChI is InChI=1S/C32H37NO4/c1-35-27-8-6-7-24(21-27)29-15-11-25-22-28(36-2)14-16-30(25)31(29)32(34)23-9-12-26(13-10-23)37-20-19-33-17-4-3-5-18-33/h6-10,12-14,16,21-22,32,34H,3-5,11,15,17-20H2,1-2H3. The number of nitrogens with zero attached hydrogens (tertiary/aromatic N) is 1. The monoisotopic (exact) mass is 499 g/mol. The van der Waals surface area contributed by atoms with Gasteiger partial charge in [0.05, 0.1) is 14.2 Å². The second kappa shape index (κ2) is 11.8. The first-order chi connectivity index (χ1) is 18.2. The lowest BCUT2D eigenvalue weighted by Gasteiger charge is -2.28. The third-order valence-electron chi connectivity index (χ3n) is 7.58. The molecule has 5 rings (SSSR count). The topological polar surface area (TPSA) is 51.2 Å². The minimum atomic E-state index is -0.768. The van der Waals surface area contributed by atoms with Gasteiger partial charge < -0.3 is 19.3 Å². The Kier molecular flexibility index (Phi) is 8.12. The van der Waals surface area contributed by atoms with E-state index >= 15 is 0 Å². The molecule has 1 unspecified atom stereocenters. The van der Waals surface area contributed by atoms with Crippen molar-refractivity contribution in [2.75, 3.05) is 40.5 Å². The smallest absolute Gasteiger partial charge is 0.119 e. The summed E-state index contributed by atoms with van der Waals surface area (Å²) < 4.78 is 17.0. The number of aryl methyl sites for hydroxylation is 1. The van der Waals surface area contributed by atoms with Crippen LogP contribution in [-0.2, 0) is 6.42 Å². The molecule has 1 N–H and O–H groups in total. The lowest BCUT2D eigenvalue weighted by molar-refractivity contribution is 0.183. The van der Waals surface area contributed by atoms with Crippen molar-refractivity contribution in [3.05, 3.63) is 89.0 Å². The molecule has 1 heterocycles. The summed E-state index contributed by atoms with van der Waals surface area (Å²) in [6, 6.07) is 22.1. The van der Waals surface area contributed by atoms with Gasteiger partial charge in [-0.05, 0) is 109 Å². The molecule has 0 amide bonds. The Bertz CT molecular complexity index is 1230. The van der Waals surface area contributed by atoms with Crippen LogP contribution in [0.15, 0.2) is 66.7 Å². The van der Waals surface area contributed by atoms with Crippen molar-refractivity contribution in [1.29, 1.82) is 0 Å². The highest BCUT2D eigenvalue weighted by atomic mass is 16.5. The maximum Gasteiger partial charge on any atom is 0.119 e. The van der Waals surface area contributed by atoms with Gasteiger partial charge in [0.1, 0.15) is 30.0 Å². The molecule has 0 saturated carbocycles. The average Bonchev–Trinajstić information content (AvgIpc) is 2.96. The van der Waals surface area contributed by atoms with E-state index < -0.39 is 6.10 Å². The second-order valence-corrected chi connectivity index (χ2v) is 9.87. The third-order valence-corrected chi connectivity index (χ3v) is 7.58. The van der Waals surface area contributed by atoms with Crippen LogP contribution in [0.4, 0.5) is 0 Å². The summed E-state index contributed by atoms with van der Waals surface area (Å²) >= 11 is 0. The largest absolute Gasteiger partial charge is 0.497 e. The summed E-state index contributed by atoms with van der Waals surface area (Å²) in [7, 11) is 3.37. The van der Waals surface area contributed by atoms with Crippen molar-refractivity contribution in [3.63, 3.8) is 0 Å². The number of aliphatic hydroxyl groups excluding tert-OH is 1. The fraction of sp³-hybridized carbons (Fsp3) is 0.375. The van der Waals surface area contributed by atoms with Gasteiger partial charge in [0.2, 0.25) is 0 Å². The zero-order chi connectivity index (χ0) is 25.6. The third kappa shape index (κ3) is 5.84. The van der Waals surface area contributed by atoms with Gasteiger partial charge in [-0.2, -0.15) is 0 Å². The number of benzene rings is 3. The van der Waals surface area contributed by atoms with Crippen molar-refractivity contribution in [2.45, 2.75) is 38.2 Å². The van der Waals surface area contributed by atoms with Crippen molar-refractivity contribution >= 4 is 11.1 Å². The summed E-state index contributed by atoms with van der Waals surface area (Å²) in [6.07, 6.45) is 4.87. The maximum absolute atomic E-state index is 11.7. The number of fused-ring (bicyclic) bond motifs is 1. The molecule has 37 heavy (non-hydrogen) atoms. The first-order valence-electron chi connectivity index (χ1n) is 13.3. The van der Waals surface area contributed by atoms with E-state index in [0.717, 1.165) is 64.5 Å². The molecule has 0 bridgehead atoms. The number of hydrogen-bond acceptors (Lipinski definition) is 5. The number of aliphatic hydroxyl groups is 1. The number of piperidine rings is 1. The lowest BCUT2D eigenvalue weighted by Crippen LogP contribution is -2.33. The molecule has 1 atom stereocenters.